The molecule has 4 heteroatoms. The van der Waals surface area contributed by atoms with E-state index in [1.54, 1.807) is 0 Å². The van der Waals surface area contributed by atoms with Crippen molar-refractivity contribution in [1.29, 1.82) is 0 Å². The highest BCUT2D eigenvalue weighted by molar-refractivity contribution is 9.10. The molecule has 1 amide bonds. The molecule has 2 fully saturated rings. The summed E-state index contributed by atoms with van der Waals surface area (Å²) in [6.07, 6.45) is 1.12. The lowest BCUT2D eigenvalue weighted by Crippen LogP contribution is -2.42. The molecule has 1 aromatic carbocycles. The molecule has 3 nitrogen and oxygen atoms in total. The van der Waals surface area contributed by atoms with Crippen molar-refractivity contribution in [2.75, 3.05) is 13.1 Å². The van der Waals surface area contributed by atoms with Crippen LogP contribution in [0.4, 0.5) is 0 Å². The molecule has 0 saturated carbocycles. The smallest absolute Gasteiger partial charge is 0.255 e. The van der Waals surface area contributed by atoms with Crippen LogP contribution in [-0.2, 0) is 0 Å². The number of carbonyl (C=O) groups excluding carboxylic acids is 1. The Morgan fingerprint density at radius 1 is 1.39 bits per heavy atom. The second kappa shape index (κ2) is 4.67. The number of hydrogen-bond donors (Lipinski definition) is 1. The molecule has 2 aliphatic rings. The van der Waals surface area contributed by atoms with Crippen molar-refractivity contribution in [2.45, 2.75) is 25.4 Å². The van der Waals surface area contributed by atoms with Crippen LogP contribution in [0.1, 0.15) is 23.7 Å². The highest BCUT2D eigenvalue weighted by atomic mass is 79.9. The molecule has 2 saturated heterocycles. The number of amides is 1. The third-order valence-electron chi connectivity index (χ3n) is 4.12. The quantitative estimate of drug-likeness (QED) is 0.863. The number of nitrogens with one attached hydrogen (secondary N) is 1. The van der Waals surface area contributed by atoms with Gasteiger partial charge < -0.3 is 10.2 Å². The molecule has 0 bridgehead atoms. The van der Waals surface area contributed by atoms with Crippen LogP contribution in [0.2, 0.25) is 0 Å². The van der Waals surface area contributed by atoms with Crippen LogP contribution in [0.3, 0.4) is 0 Å². The first-order valence-electron chi connectivity index (χ1n) is 6.46. The Bertz CT molecular complexity index is 477. The molecule has 0 spiro atoms. The summed E-state index contributed by atoms with van der Waals surface area (Å²) in [6.45, 7) is 4.15. The van der Waals surface area contributed by atoms with Gasteiger partial charge in [-0.3, -0.25) is 4.79 Å². The van der Waals surface area contributed by atoms with Crippen LogP contribution >= 0.6 is 15.9 Å². The third-order valence-corrected chi connectivity index (χ3v) is 4.81. The van der Waals surface area contributed by atoms with Gasteiger partial charge in [0.2, 0.25) is 0 Å². The van der Waals surface area contributed by atoms with Crippen LogP contribution in [0.25, 0.3) is 0 Å². The van der Waals surface area contributed by atoms with E-state index < -0.39 is 0 Å². The number of halogens is 1. The summed E-state index contributed by atoms with van der Waals surface area (Å²) in [5, 5.41) is 3.39. The van der Waals surface area contributed by atoms with Gasteiger partial charge in [0.15, 0.2) is 0 Å². The normalized spacial score (nSPS) is 30.6. The van der Waals surface area contributed by atoms with E-state index in [1.807, 2.05) is 24.3 Å². The number of benzene rings is 1. The van der Waals surface area contributed by atoms with E-state index in [0.29, 0.717) is 18.0 Å². The lowest BCUT2D eigenvalue weighted by molar-refractivity contribution is 0.0681. The number of fused-ring (bicyclic) bond motifs is 1. The molecule has 18 heavy (non-hydrogen) atoms. The summed E-state index contributed by atoms with van der Waals surface area (Å²) in [7, 11) is 0. The summed E-state index contributed by atoms with van der Waals surface area (Å²) in [5.41, 5.74) is 0.775. The van der Waals surface area contributed by atoms with Crippen molar-refractivity contribution in [3.63, 3.8) is 0 Å². The molecule has 1 N–H and O–H groups in total. The van der Waals surface area contributed by atoms with E-state index in [9.17, 15) is 4.79 Å². The van der Waals surface area contributed by atoms with Gasteiger partial charge in [-0.15, -0.1) is 0 Å². The van der Waals surface area contributed by atoms with E-state index in [2.05, 4.69) is 33.1 Å². The van der Waals surface area contributed by atoms with Crippen molar-refractivity contribution >= 4 is 21.8 Å². The van der Waals surface area contributed by atoms with E-state index in [-0.39, 0.29) is 5.91 Å². The largest absolute Gasteiger partial charge is 0.331 e. The Labute approximate surface area is 116 Å². The number of hydrogen-bond acceptors (Lipinski definition) is 2. The average Bonchev–Trinajstić information content (AvgIpc) is 2.88. The summed E-state index contributed by atoms with van der Waals surface area (Å²) < 4.78 is 0.886. The Morgan fingerprint density at radius 3 is 2.94 bits per heavy atom. The third kappa shape index (κ3) is 1.88. The second-order valence-corrected chi connectivity index (χ2v) is 6.12. The first-order chi connectivity index (χ1) is 8.68. The van der Waals surface area contributed by atoms with Crippen molar-refractivity contribution in [3.05, 3.63) is 34.3 Å². The fraction of sp³-hybridized carbons (Fsp3) is 0.500. The summed E-state index contributed by atoms with van der Waals surface area (Å²) in [6, 6.07) is 8.41. The zero-order valence-corrected chi connectivity index (χ0v) is 12.0. The molecule has 0 radical (unpaired) electrons. The van der Waals surface area contributed by atoms with E-state index in [0.717, 1.165) is 29.5 Å². The number of likely N-dealkylation sites (tertiary alicyclic amines) is 1. The van der Waals surface area contributed by atoms with Crippen LogP contribution in [0, 0.1) is 5.92 Å². The lowest BCUT2D eigenvalue weighted by Gasteiger charge is -2.28. The molecule has 1 aromatic rings. The molecule has 2 heterocycles. The number of rotatable bonds is 1. The van der Waals surface area contributed by atoms with Crippen LogP contribution in [-0.4, -0.2) is 36.0 Å². The van der Waals surface area contributed by atoms with Gasteiger partial charge in [-0.1, -0.05) is 12.1 Å². The summed E-state index contributed by atoms with van der Waals surface area (Å²) in [4.78, 5) is 14.8. The maximum absolute atomic E-state index is 12.7. The van der Waals surface area contributed by atoms with Gasteiger partial charge in [-0.2, -0.15) is 0 Å². The molecule has 0 aliphatic carbocycles. The standard InChI is InChI=1S/C14H17BrN2O/c1-9-6-10-7-16-8-13(10)17(9)14(18)11-4-2-3-5-12(11)15/h2-5,9-10,13,16H,6-8H2,1H3. The van der Waals surface area contributed by atoms with Crippen LogP contribution in [0.5, 0.6) is 0 Å². The van der Waals surface area contributed by atoms with Gasteiger partial charge in [0.1, 0.15) is 0 Å². The Hall–Kier alpha value is -0.870. The van der Waals surface area contributed by atoms with Gasteiger partial charge >= 0.3 is 0 Å². The monoisotopic (exact) mass is 308 g/mol. The fourth-order valence-electron chi connectivity index (χ4n) is 3.29. The second-order valence-electron chi connectivity index (χ2n) is 5.26. The van der Waals surface area contributed by atoms with E-state index in [1.165, 1.54) is 0 Å². The van der Waals surface area contributed by atoms with Crippen molar-refractivity contribution in [1.82, 2.24) is 10.2 Å². The first kappa shape index (κ1) is 12.2. The Kier molecular flexibility index (Phi) is 3.16. The molecule has 3 atom stereocenters. The summed E-state index contributed by atoms with van der Waals surface area (Å²) >= 11 is 3.47. The van der Waals surface area contributed by atoms with Crippen LogP contribution in [0.15, 0.2) is 28.7 Å². The van der Waals surface area contributed by atoms with Crippen molar-refractivity contribution < 1.29 is 4.79 Å². The first-order valence-corrected chi connectivity index (χ1v) is 7.25. The average molecular weight is 309 g/mol. The molecule has 2 aliphatic heterocycles. The van der Waals surface area contributed by atoms with Gasteiger partial charge in [-0.05, 0) is 47.3 Å². The maximum Gasteiger partial charge on any atom is 0.255 e. The van der Waals surface area contributed by atoms with Crippen LogP contribution < -0.4 is 5.32 Å². The minimum absolute atomic E-state index is 0.158. The van der Waals surface area contributed by atoms with Gasteiger partial charge in [0.25, 0.3) is 5.91 Å². The predicted octanol–water partition coefficient (Wildman–Crippen LogP) is 2.27. The predicted molar refractivity (Wildman–Crippen MR) is 74.5 cm³/mol. The van der Waals surface area contributed by atoms with E-state index >= 15 is 0 Å². The number of carbonyl (C=O) groups is 1. The highest BCUT2D eigenvalue weighted by Gasteiger charge is 2.44. The van der Waals surface area contributed by atoms with Crippen molar-refractivity contribution in [2.24, 2.45) is 5.92 Å². The number of nitrogens with zero attached hydrogens (tertiary/aromatic N) is 1. The minimum Gasteiger partial charge on any atom is -0.331 e. The van der Waals surface area contributed by atoms with Gasteiger partial charge in [0.05, 0.1) is 5.56 Å². The Balaban J connectivity index is 1.90. The maximum atomic E-state index is 12.7. The summed E-state index contributed by atoms with van der Waals surface area (Å²) in [5.74, 6) is 0.789. The lowest BCUT2D eigenvalue weighted by atomic mass is 10.0. The van der Waals surface area contributed by atoms with Gasteiger partial charge in [0, 0.05) is 29.6 Å². The minimum atomic E-state index is 0.158. The molecule has 96 valence electrons. The molecule has 3 unspecified atom stereocenters. The fourth-order valence-corrected chi connectivity index (χ4v) is 3.74. The molecule has 3 rings (SSSR count). The van der Waals surface area contributed by atoms with Gasteiger partial charge in [-0.25, -0.2) is 0 Å². The van der Waals surface area contributed by atoms with E-state index in [4.69, 9.17) is 0 Å². The SMILES string of the molecule is CC1CC2CNCC2N1C(=O)c1ccccc1Br. The highest BCUT2D eigenvalue weighted by Crippen LogP contribution is 2.34. The Morgan fingerprint density at radius 2 is 2.17 bits per heavy atom. The molecular formula is C14H17BrN2O. The molecule has 0 aromatic heterocycles. The van der Waals surface area contributed by atoms with Crippen molar-refractivity contribution in [3.8, 4) is 0 Å². The molecular weight excluding hydrogens is 292 g/mol. The zero-order valence-electron chi connectivity index (χ0n) is 10.4. The zero-order chi connectivity index (χ0) is 12.7. The topological polar surface area (TPSA) is 32.3 Å².